The fraction of sp³-hybridized carbons (Fsp3) is 0.240. The van der Waals surface area contributed by atoms with Crippen LogP contribution in [0.3, 0.4) is 0 Å². The Bertz CT molecular complexity index is 1270. The van der Waals surface area contributed by atoms with Gasteiger partial charge in [-0.3, -0.25) is 0 Å². The van der Waals surface area contributed by atoms with Crippen LogP contribution in [0.25, 0.3) is 22.6 Å². The fourth-order valence-electron chi connectivity index (χ4n) is 3.77. The number of rotatable bonds is 6. The van der Waals surface area contributed by atoms with Crippen LogP contribution in [0.1, 0.15) is 16.1 Å². The first-order valence-electron chi connectivity index (χ1n) is 10.7. The number of ether oxygens (including phenoxy) is 2. The molecular formula is C25H22N4O3S. The number of aromatic nitrogens is 2. The Kier molecular flexibility index (Phi) is 6.07. The van der Waals surface area contributed by atoms with Crippen molar-refractivity contribution < 1.29 is 14.0 Å². The van der Waals surface area contributed by atoms with E-state index in [1.54, 1.807) is 11.3 Å². The molecule has 0 spiro atoms. The van der Waals surface area contributed by atoms with Crippen LogP contribution in [-0.4, -0.2) is 36.4 Å². The summed E-state index contributed by atoms with van der Waals surface area (Å²) in [7, 11) is 0. The van der Waals surface area contributed by atoms with Gasteiger partial charge in [-0.15, -0.1) is 11.3 Å². The third kappa shape index (κ3) is 4.60. The smallest absolute Gasteiger partial charge is 0.233 e. The normalized spacial score (nSPS) is 13.6. The van der Waals surface area contributed by atoms with Gasteiger partial charge in [0, 0.05) is 40.8 Å². The maximum Gasteiger partial charge on any atom is 0.233 e. The first-order valence-corrected chi connectivity index (χ1v) is 11.6. The minimum absolute atomic E-state index is 0.282. The number of morpholine rings is 1. The second kappa shape index (κ2) is 9.45. The molecule has 1 aliphatic heterocycles. The van der Waals surface area contributed by atoms with E-state index in [1.807, 2.05) is 48.7 Å². The van der Waals surface area contributed by atoms with Gasteiger partial charge in [-0.05, 0) is 36.6 Å². The lowest BCUT2D eigenvalue weighted by Gasteiger charge is -2.28. The van der Waals surface area contributed by atoms with E-state index in [4.69, 9.17) is 19.0 Å². The average Bonchev–Trinajstić information content (AvgIpc) is 3.54. The van der Waals surface area contributed by atoms with Crippen molar-refractivity contribution in [2.24, 2.45) is 0 Å². The fourth-order valence-corrected chi connectivity index (χ4v) is 4.38. The van der Waals surface area contributed by atoms with Crippen molar-refractivity contribution in [1.82, 2.24) is 10.1 Å². The summed E-state index contributed by atoms with van der Waals surface area (Å²) in [6, 6.07) is 18.1. The zero-order valence-electron chi connectivity index (χ0n) is 18.2. The Morgan fingerprint density at radius 3 is 2.64 bits per heavy atom. The molecule has 0 saturated carbocycles. The third-order valence-electron chi connectivity index (χ3n) is 5.46. The molecule has 0 radical (unpaired) electrons. The first-order chi connectivity index (χ1) is 16.2. The average molecular weight is 459 g/mol. The van der Waals surface area contributed by atoms with Gasteiger partial charge in [0.25, 0.3) is 0 Å². The summed E-state index contributed by atoms with van der Waals surface area (Å²) >= 11 is 1.60. The quantitative estimate of drug-likeness (QED) is 0.399. The molecule has 1 aliphatic rings. The molecule has 33 heavy (non-hydrogen) atoms. The molecule has 8 heteroatoms. The summed E-state index contributed by atoms with van der Waals surface area (Å²) in [6.07, 6.45) is 0. The predicted molar refractivity (Wildman–Crippen MR) is 126 cm³/mol. The van der Waals surface area contributed by atoms with Gasteiger partial charge in [-0.1, -0.05) is 23.4 Å². The summed E-state index contributed by atoms with van der Waals surface area (Å²) in [4.78, 5) is 8.07. The van der Waals surface area contributed by atoms with Crippen molar-refractivity contribution in [3.8, 4) is 34.5 Å². The number of nitrogens with zero attached hydrogens (tertiary/aromatic N) is 4. The van der Waals surface area contributed by atoms with Gasteiger partial charge in [0.1, 0.15) is 18.2 Å². The number of hydrogen-bond donors (Lipinski definition) is 0. The van der Waals surface area contributed by atoms with Gasteiger partial charge in [0.15, 0.2) is 5.76 Å². The van der Waals surface area contributed by atoms with E-state index >= 15 is 0 Å². The number of nitriles is 1. The van der Waals surface area contributed by atoms with Gasteiger partial charge in [-0.25, -0.2) is 4.98 Å². The minimum Gasteiger partial charge on any atom is -0.471 e. The maximum absolute atomic E-state index is 9.92. The first kappa shape index (κ1) is 21.2. The number of thiophene rings is 1. The molecule has 0 N–H and O–H groups in total. The number of aryl methyl sites for hydroxylation is 1. The third-order valence-corrected chi connectivity index (χ3v) is 6.31. The Morgan fingerprint density at radius 2 is 1.97 bits per heavy atom. The number of anilines is 1. The lowest BCUT2D eigenvalue weighted by atomic mass is 10.0. The highest BCUT2D eigenvalue weighted by Gasteiger charge is 2.20. The second-order valence-electron chi connectivity index (χ2n) is 7.69. The standard InChI is InChI=1S/C25H22N4O3S/c1-17-13-24(32-28-17)21-14-23(18-4-6-19(7-5-18)29-8-10-30-11-9-29)27-25(22(21)15-26)31-16-20-3-2-12-33-20/h2-7,12-14H,8-11,16H2,1H3. The van der Waals surface area contributed by atoms with Crippen molar-refractivity contribution >= 4 is 17.0 Å². The molecule has 5 rings (SSSR count). The number of benzene rings is 1. The molecule has 7 nitrogen and oxygen atoms in total. The van der Waals surface area contributed by atoms with Gasteiger partial charge < -0.3 is 18.9 Å². The molecular weight excluding hydrogens is 436 g/mol. The van der Waals surface area contributed by atoms with Gasteiger partial charge in [0.2, 0.25) is 5.88 Å². The highest BCUT2D eigenvalue weighted by Crippen LogP contribution is 2.35. The van der Waals surface area contributed by atoms with Crippen molar-refractivity contribution in [3.05, 3.63) is 70.0 Å². The molecule has 4 aromatic rings. The zero-order chi connectivity index (χ0) is 22.6. The lowest BCUT2D eigenvalue weighted by Crippen LogP contribution is -2.36. The number of hydrogen-bond acceptors (Lipinski definition) is 8. The molecule has 0 unspecified atom stereocenters. The van der Waals surface area contributed by atoms with E-state index in [0.717, 1.165) is 48.1 Å². The van der Waals surface area contributed by atoms with Crippen LogP contribution in [0.5, 0.6) is 5.88 Å². The summed E-state index contributed by atoms with van der Waals surface area (Å²) < 4.78 is 17.0. The van der Waals surface area contributed by atoms with Gasteiger partial charge >= 0.3 is 0 Å². The number of pyridine rings is 1. The van der Waals surface area contributed by atoms with Gasteiger partial charge in [-0.2, -0.15) is 5.26 Å². The van der Waals surface area contributed by atoms with Crippen LogP contribution in [0.15, 0.2) is 58.4 Å². The monoisotopic (exact) mass is 458 g/mol. The molecule has 1 saturated heterocycles. The summed E-state index contributed by atoms with van der Waals surface area (Å²) in [5, 5.41) is 15.9. The van der Waals surface area contributed by atoms with Crippen molar-refractivity contribution in [1.29, 1.82) is 5.26 Å². The van der Waals surface area contributed by atoms with E-state index in [-0.39, 0.29) is 5.88 Å². The SMILES string of the molecule is Cc1cc(-c2cc(-c3ccc(N4CCOCC4)cc3)nc(OCc3cccs3)c2C#N)on1. The second-order valence-corrected chi connectivity index (χ2v) is 8.73. The summed E-state index contributed by atoms with van der Waals surface area (Å²) in [5.74, 6) is 0.795. The minimum atomic E-state index is 0.282. The van der Waals surface area contributed by atoms with E-state index in [0.29, 0.717) is 29.2 Å². The van der Waals surface area contributed by atoms with Gasteiger partial charge in [0.05, 0.1) is 24.6 Å². The summed E-state index contributed by atoms with van der Waals surface area (Å²) in [6.45, 7) is 5.43. The Hall–Kier alpha value is -3.67. The van der Waals surface area contributed by atoms with Crippen LogP contribution < -0.4 is 9.64 Å². The molecule has 1 fully saturated rings. The van der Waals surface area contributed by atoms with Crippen LogP contribution in [0, 0.1) is 18.3 Å². The van der Waals surface area contributed by atoms with Crippen molar-refractivity contribution in [2.45, 2.75) is 13.5 Å². The largest absolute Gasteiger partial charge is 0.471 e. The summed E-state index contributed by atoms with van der Waals surface area (Å²) in [5.41, 5.74) is 4.46. The molecule has 0 amide bonds. The topological polar surface area (TPSA) is 84.4 Å². The maximum atomic E-state index is 9.92. The van der Waals surface area contributed by atoms with Crippen molar-refractivity contribution in [3.63, 3.8) is 0 Å². The molecule has 3 aromatic heterocycles. The lowest BCUT2D eigenvalue weighted by molar-refractivity contribution is 0.122. The zero-order valence-corrected chi connectivity index (χ0v) is 19.0. The van der Waals surface area contributed by atoms with Crippen LogP contribution >= 0.6 is 11.3 Å². The molecule has 166 valence electrons. The predicted octanol–water partition coefficient (Wildman–Crippen LogP) is 5.06. The van der Waals surface area contributed by atoms with Crippen LogP contribution in [0.2, 0.25) is 0 Å². The van der Waals surface area contributed by atoms with E-state index in [9.17, 15) is 5.26 Å². The van der Waals surface area contributed by atoms with E-state index < -0.39 is 0 Å². The van der Waals surface area contributed by atoms with E-state index in [2.05, 4.69) is 28.3 Å². The Balaban J connectivity index is 1.53. The highest BCUT2D eigenvalue weighted by atomic mass is 32.1. The Labute approximate surface area is 195 Å². The molecule has 0 atom stereocenters. The Morgan fingerprint density at radius 1 is 1.15 bits per heavy atom. The van der Waals surface area contributed by atoms with Crippen LogP contribution in [-0.2, 0) is 11.3 Å². The molecule has 0 aliphatic carbocycles. The molecule has 1 aromatic carbocycles. The molecule has 4 heterocycles. The highest BCUT2D eigenvalue weighted by molar-refractivity contribution is 7.09. The van der Waals surface area contributed by atoms with Crippen LogP contribution in [0.4, 0.5) is 5.69 Å². The van der Waals surface area contributed by atoms with Crippen molar-refractivity contribution in [2.75, 3.05) is 31.2 Å². The molecule has 0 bridgehead atoms. The van der Waals surface area contributed by atoms with E-state index in [1.165, 1.54) is 0 Å².